The molecule has 0 aliphatic carbocycles. The van der Waals surface area contributed by atoms with Crippen LogP contribution in [0.4, 0.5) is 0 Å². The highest BCUT2D eigenvalue weighted by Crippen LogP contribution is 2.26. The maximum absolute atomic E-state index is 10.4. The second-order valence-electron chi connectivity index (χ2n) is 4.85. The Morgan fingerprint density at radius 1 is 1.32 bits per heavy atom. The quantitative estimate of drug-likeness (QED) is 0.899. The molecule has 1 unspecified atom stereocenters. The smallest absolute Gasteiger partial charge is 0.124 e. The van der Waals surface area contributed by atoms with Crippen molar-refractivity contribution in [3.05, 3.63) is 48.0 Å². The molecule has 0 aliphatic heterocycles. The predicted molar refractivity (Wildman–Crippen MR) is 74.3 cm³/mol. The zero-order valence-corrected chi connectivity index (χ0v) is 11.6. The van der Waals surface area contributed by atoms with Gasteiger partial charge in [0.2, 0.25) is 0 Å². The SMILES string of the molecule is COc1ccccc1C(O)Cn1ccnc1C(C)C. The lowest BCUT2D eigenvalue weighted by molar-refractivity contribution is 0.151. The summed E-state index contributed by atoms with van der Waals surface area (Å²) in [4.78, 5) is 4.33. The lowest BCUT2D eigenvalue weighted by Crippen LogP contribution is -2.12. The summed E-state index contributed by atoms with van der Waals surface area (Å²) in [6.45, 7) is 4.66. The largest absolute Gasteiger partial charge is 0.496 e. The highest BCUT2D eigenvalue weighted by Gasteiger charge is 2.15. The Labute approximate surface area is 113 Å². The van der Waals surface area contributed by atoms with Crippen LogP contribution in [0.2, 0.25) is 0 Å². The summed E-state index contributed by atoms with van der Waals surface area (Å²) in [5.41, 5.74) is 0.799. The van der Waals surface area contributed by atoms with Crippen molar-refractivity contribution in [2.75, 3.05) is 7.11 Å². The molecule has 0 spiro atoms. The molecule has 4 nitrogen and oxygen atoms in total. The van der Waals surface area contributed by atoms with Gasteiger partial charge >= 0.3 is 0 Å². The van der Waals surface area contributed by atoms with E-state index in [1.165, 1.54) is 0 Å². The zero-order valence-electron chi connectivity index (χ0n) is 11.6. The number of methoxy groups -OCH3 is 1. The molecule has 0 aliphatic rings. The molecule has 4 heteroatoms. The van der Waals surface area contributed by atoms with Gasteiger partial charge in [-0.25, -0.2) is 4.98 Å². The Morgan fingerprint density at radius 2 is 2.05 bits per heavy atom. The molecular formula is C15H20N2O2. The molecule has 19 heavy (non-hydrogen) atoms. The first-order valence-corrected chi connectivity index (χ1v) is 6.45. The summed E-state index contributed by atoms with van der Waals surface area (Å²) < 4.78 is 7.27. The maximum atomic E-state index is 10.4. The number of ether oxygens (including phenoxy) is 1. The lowest BCUT2D eigenvalue weighted by atomic mass is 10.1. The van der Waals surface area contributed by atoms with Crippen LogP contribution in [0.1, 0.15) is 37.3 Å². The van der Waals surface area contributed by atoms with E-state index in [9.17, 15) is 5.11 Å². The number of imidazole rings is 1. The zero-order chi connectivity index (χ0) is 13.8. The van der Waals surface area contributed by atoms with Crippen LogP contribution in [0, 0.1) is 0 Å². The van der Waals surface area contributed by atoms with Crippen molar-refractivity contribution in [1.29, 1.82) is 0 Å². The van der Waals surface area contributed by atoms with Gasteiger partial charge in [0.25, 0.3) is 0 Å². The van der Waals surface area contributed by atoms with Crippen LogP contribution in [-0.2, 0) is 6.54 Å². The predicted octanol–water partition coefficient (Wildman–Crippen LogP) is 2.75. The molecule has 0 saturated carbocycles. The molecule has 1 heterocycles. The van der Waals surface area contributed by atoms with E-state index < -0.39 is 6.10 Å². The Balaban J connectivity index is 2.21. The van der Waals surface area contributed by atoms with E-state index in [0.717, 1.165) is 11.4 Å². The molecule has 1 atom stereocenters. The van der Waals surface area contributed by atoms with Crippen molar-refractivity contribution in [3.8, 4) is 5.75 Å². The summed E-state index contributed by atoms with van der Waals surface area (Å²) in [5, 5.41) is 10.4. The van der Waals surface area contributed by atoms with Crippen molar-refractivity contribution >= 4 is 0 Å². The van der Waals surface area contributed by atoms with E-state index >= 15 is 0 Å². The number of aromatic nitrogens is 2. The second kappa shape index (κ2) is 5.89. The number of rotatable bonds is 5. The third kappa shape index (κ3) is 2.96. The van der Waals surface area contributed by atoms with Gasteiger partial charge in [0, 0.05) is 23.9 Å². The first-order chi connectivity index (χ1) is 9.13. The number of hydrogen-bond donors (Lipinski definition) is 1. The summed E-state index contributed by atoms with van der Waals surface area (Å²) >= 11 is 0. The number of aliphatic hydroxyl groups is 1. The Bertz CT molecular complexity index is 534. The number of aliphatic hydroxyl groups excluding tert-OH is 1. The van der Waals surface area contributed by atoms with E-state index in [0.29, 0.717) is 18.2 Å². The van der Waals surface area contributed by atoms with Crippen LogP contribution in [0.5, 0.6) is 5.75 Å². The van der Waals surface area contributed by atoms with Gasteiger partial charge in [-0.1, -0.05) is 32.0 Å². The Hall–Kier alpha value is -1.81. The Morgan fingerprint density at radius 3 is 2.74 bits per heavy atom. The fraction of sp³-hybridized carbons (Fsp3) is 0.400. The monoisotopic (exact) mass is 260 g/mol. The molecule has 0 amide bonds. The van der Waals surface area contributed by atoms with Gasteiger partial charge in [0.1, 0.15) is 17.7 Å². The van der Waals surface area contributed by atoms with E-state index in [1.54, 1.807) is 13.3 Å². The fourth-order valence-corrected chi connectivity index (χ4v) is 2.20. The molecule has 1 aromatic heterocycles. The van der Waals surface area contributed by atoms with Crippen molar-refractivity contribution in [2.24, 2.45) is 0 Å². The molecule has 102 valence electrons. The molecule has 0 saturated heterocycles. The van der Waals surface area contributed by atoms with Crippen molar-refractivity contribution < 1.29 is 9.84 Å². The average Bonchev–Trinajstić information content (AvgIpc) is 2.87. The van der Waals surface area contributed by atoms with Gasteiger partial charge in [-0.2, -0.15) is 0 Å². The number of benzene rings is 1. The molecule has 1 N–H and O–H groups in total. The molecule has 1 aromatic carbocycles. The minimum Gasteiger partial charge on any atom is -0.496 e. The van der Waals surface area contributed by atoms with Crippen LogP contribution >= 0.6 is 0 Å². The topological polar surface area (TPSA) is 47.3 Å². The first kappa shape index (κ1) is 13.6. The molecule has 0 bridgehead atoms. The van der Waals surface area contributed by atoms with Gasteiger partial charge in [0.05, 0.1) is 13.7 Å². The minimum atomic E-state index is -0.608. The van der Waals surface area contributed by atoms with Gasteiger partial charge in [-0.05, 0) is 6.07 Å². The maximum Gasteiger partial charge on any atom is 0.124 e. The van der Waals surface area contributed by atoms with Crippen molar-refractivity contribution in [3.63, 3.8) is 0 Å². The van der Waals surface area contributed by atoms with Gasteiger partial charge in [0.15, 0.2) is 0 Å². The summed E-state index contributed by atoms with van der Waals surface area (Å²) in [7, 11) is 1.61. The molecular weight excluding hydrogens is 240 g/mol. The van der Waals surface area contributed by atoms with Crippen molar-refractivity contribution in [1.82, 2.24) is 9.55 Å². The summed E-state index contributed by atoms with van der Waals surface area (Å²) in [5.74, 6) is 2.02. The highest BCUT2D eigenvalue weighted by atomic mass is 16.5. The third-order valence-corrected chi connectivity index (χ3v) is 3.13. The van der Waals surface area contributed by atoms with Gasteiger partial charge < -0.3 is 14.4 Å². The Kier molecular flexibility index (Phi) is 4.22. The average molecular weight is 260 g/mol. The van der Waals surface area contributed by atoms with Gasteiger partial charge in [-0.15, -0.1) is 0 Å². The van der Waals surface area contributed by atoms with Crippen molar-refractivity contribution in [2.45, 2.75) is 32.4 Å². The standard InChI is InChI=1S/C15H20N2O2/c1-11(2)15-16-8-9-17(15)10-13(18)12-6-4-5-7-14(12)19-3/h4-9,11,13,18H,10H2,1-3H3. The second-order valence-corrected chi connectivity index (χ2v) is 4.85. The molecule has 2 aromatic rings. The van der Waals surface area contributed by atoms with Crippen LogP contribution in [0.3, 0.4) is 0 Å². The molecule has 0 fully saturated rings. The molecule has 2 rings (SSSR count). The fourth-order valence-electron chi connectivity index (χ4n) is 2.20. The van der Waals surface area contributed by atoms with Gasteiger partial charge in [-0.3, -0.25) is 0 Å². The van der Waals surface area contributed by atoms with E-state index in [1.807, 2.05) is 35.0 Å². The highest BCUT2D eigenvalue weighted by molar-refractivity contribution is 5.34. The number of hydrogen-bond acceptors (Lipinski definition) is 3. The van der Waals surface area contributed by atoms with Crippen LogP contribution < -0.4 is 4.74 Å². The van der Waals surface area contributed by atoms with E-state index in [-0.39, 0.29) is 0 Å². The third-order valence-electron chi connectivity index (χ3n) is 3.13. The lowest BCUT2D eigenvalue weighted by Gasteiger charge is -2.17. The number of nitrogens with zero attached hydrogens (tertiary/aromatic N) is 2. The first-order valence-electron chi connectivity index (χ1n) is 6.45. The summed E-state index contributed by atoms with van der Waals surface area (Å²) in [6.07, 6.45) is 3.06. The van der Waals surface area contributed by atoms with Crippen LogP contribution in [0.25, 0.3) is 0 Å². The van der Waals surface area contributed by atoms with E-state index in [4.69, 9.17) is 4.74 Å². The number of para-hydroxylation sites is 1. The van der Waals surface area contributed by atoms with Crippen LogP contribution in [0.15, 0.2) is 36.7 Å². The normalized spacial score (nSPS) is 12.7. The van der Waals surface area contributed by atoms with Crippen LogP contribution in [-0.4, -0.2) is 21.8 Å². The molecule has 0 radical (unpaired) electrons. The van der Waals surface area contributed by atoms with E-state index in [2.05, 4.69) is 18.8 Å². The minimum absolute atomic E-state index is 0.333. The summed E-state index contributed by atoms with van der Waals surface area (Å²) in [6, 6.07) is 7.54.